The fourth-order valence-corrected chi connectivity index (χ4v) is 0.112. The highest BCUT2D eigenvalue weighted by atomic mass is 14.9. The summed E-state index contributed by atoms with van der Waals surface area (Å²) in [6.07, 6.45) is 0. The molecule has 0 unspecified atom stereocenters. The van der Waals surface area contributed by atoms with Crippen LogP contribution < -0.4 is 5.32 Å². The van der Waals surface area contributed by atoms with E-state index >= 15 is 0 Å². The first-order valence-electron chi connectivity index (χ1n) is 2.92. The van der Waals surface area contributed by atoms with Crippen LogP contribution in [-0.2, 0) is 0 Å². The van der Waals surface area contributed by atoms with Crippen molar-refractivity contribution in [1.29, 1.82) is 0 Å². The molecule has 0 aromatic heterocycles. The number of amidine groups is 1. The summed E-state index contributed by atoms with van der Waals surface area (Å²) >= 11 is 0. The molecule has 0 aromatic carbocycles. The molecule has 0 bridgehead atoms. The Hall–Kier alpha value is -0.530. The average Bonchev–Trinajstić information content (AvgIpc) is 1.91. The van der Waals surface area contributed by atoms with E-state index in [-0.39, 0.29) is 0 Å². The summed E-state index contributed by atoms with van der Waals surface area (Å²) in [5, 5.41) is 2.86. The number of nitrogens with one attached hydrogen (secondary N) is 1. The monoisotopic (exact) mass is 116 g/mol. The van der Waals surface area contributed by atoms with Crippen LogP contribution in [0.2, 0.25) is 0 Å². The molecule has 2 nitrogen and oxygen atoms in total. The lowest BCUT2D eigenvalue weighted by molar-refractivity contribution is 1.14. The molecule has 0 radical (unpaired) electrons. The molecule has 1 N–H and O–H groups in total. The molecule has 0 amide bonds. The molecule has 0 saturated carbocycles. The van der Waals surface area contributed by atoms with E-state index in [1.54, 1.807) is 7.05 Å². The van der Waals surface area contributed by atoms with Crippen LogP contribution in [-0.4, -0.2) is 19.9 Å². The maximum absolute atomic E-state index is 3.81. The Kier molecular flexibility index (Phi) is 12.7. The summed E-state index contributed by atoms with van der Waals surface area (Å²) < 4.78 is 0. The van der Waals surface area contributed by atoms with Crippen LogP contribution in [0, 0.1) is 0 Å². The summed E-state index contributed by atoms with van der Waals surface area (Å²) in [6, 6.07) is 0. The minimum absolute atomic E-state index is 0.968. The van der Waals surface area contributed by atoms with E-state index in [1.165, 1.54) is 0 Å². The molecular formula is C6H16N2. The van der Waals surface area contributed by atoms with Crippen molar-refractivity contribution in [2.75, 3.05) is 14.1 Å². The average molecular weight is 116 g/mol. The van der Waals surface area contributed by atoms with Gasteiger partial charge in [0.25, 0.3) is 0 Å². The van der Waals surface area contributed by atoms with Gasteiger partial charge in [0.1, 0.15) is 0 Å². The third kappa shape index (κ3) is 9.08. The SMILES string of the molecule is CC.CN=C(C)NC. The van der Waals surface area contributed by atoms with Crippen molar-refractivity contribution in [2.45, 2.75) is 20.8 Å². The van der Waals surface area contributed by atoms with Crippen molar-refractivity contribution < 1.29 is 0 Å². The highest BCUT2D eigenvalue weighted by molar-refractivity contribution is 5.78. The largest absolute Gasteiger partial charge is 0.377 e. The Morgan fingerprint density at radius 1 is 1.38 bits per heavy atom. The Morgan fingerprint density at radius 2 is 1.75 bits per heavy atom. The highest BCUT2D eigenvalue weighted by Gasteiger charge is 1.71. The van der Waals surface area contributed by atoms with Gasteiger partial charge in [0.15, 0.2) is 0 Å². The Labute approximate surface area is 52.0 Å². The number of rotatable bonds is 0. The maximum Gasteiger partial charge on any atom is 0.0925 e. The topological polar surface area (TPSA) is 24.4 Å². The molecule has 50 valence electrons. The van der Waals surface area contributed by atoms with Gasteiger partial charge in [0.05, 0.1) is 5.84 Å². The van der Waals surface area contributed by atoms with Gasteiger partial charge in [-0.3, -0.25) is 4.99 Å². The van der Waals surface area contributed by atoms with E-state index in [0.717, 1.165) is 5.84 Å². The maximum atomic E-state index is 3.81. The van der Waals surface area contributed by atoms with Crippen LogP contribution in [0.15, 0.2) is 4.99 Å². The third-order valence-corrected chi connectivity index (χ3v) is 0.697. The molecule has 0 spiro atoms. The number of hydrogen-bond donors (Lipinski definition) is 1. The molecule has 0 atom stereocenters. The molecule has 0 saturated heterocycles. The predicted octanol–water partition coefficient (Wildman–Crippen LogP) is 1.28. The standard InChI is InChI=1S/C4H10N2.C2H6/c1-4(5-2)6-3;1-2/h1-3H3,(H,5,6);1-2H3. The van der Waals surface area contributed by atoms with Crippen molar-refractivity contribution in [3.05, 3.63) is 0 Å². The first-order valence-corrected chi connectivity index (χ1v) is 2.92. The summed E-state index contributed by atoms with van der Waals surface area (Å²) in [5.41, 5.74) is 0. The number of nitrogens with zero attached hydrogens (tertiary/aromatic N) is 1. The molecule has 0 aromatic rings. The van der Waals surface area contributed by atoms with Crippen molar-refractivity contribution >= 4 is 5.84 Å². The summed E-state index contributed by atoms with van der Waals surface area (Å²) in [6.45, 7) is 5.92. The van der Waals surface area contributed by atoms with Gasteiger partial charge in [-0.15, -0.1) is 0 Å². The predicted molar refractivity (Wildman–Crippen MR) is 39.4 cm³/mol. The second kappa shape index (κ2) is 9.69. The van der Waals surface area contributed by atoms with Crippen molar-refractivity contribution in [1.82, 2.24) is 5.32 Å². The minimum Gasteiger partial charge on any atom is -0.377 e. The molecule has 8 heavy (non-hydrogen) atoms. The van der Waals surface area contributed by atoms with Gasteiger partial charge in [-0.25, -0.2) is 0 Å². The Morgan fingerprint density at radius 3 is 1.75 bits per heavy atom. The van der Waals surface area contributed by atoms with Gasteiger partial charge >= 0.3 is 0 Å². The van der Waals surface area contributed by atoms with Gasteiger partial charge < -0.3 is 5.32 Å². The minimum atomic E-state index is 0.968. The van der Waals surface area contributed by atoms with E-state index in [4.69, 9.17) is 0 Å². The van der Waals surface area contributed by atoms with Crippen LogP contribution >= 0.6 is 0 Å². The Balaban J connectivity index is 0. The van der Waals surface area contributed by atoms with Gasteiger partial charge in [0, 0.05) is 14.1 Å². The zero-order valence-electron chi connectivity index (χ0n) is 6.45. The third-order valence-electron chi connectivity index (χ3n) is 0.697. The highest BCUT2D eigenvalue weighted by Crippen LogP contribution is 1.59. The lowest BCUT2D eigenvalue weighted by Crippen LogP contribution is -2.12. The van der Waals surface area contributed by atoms with Gasteiger partial charge in [0.2, 0.25) is 0 Å². The summed E-state index contributed by atoms with van der Waals surface area (Å²) in [4.78, 5) is 3.81. The first-order chi connectivity index (χ1) is 3.81. The van der Waals surface area contributed by atoms with E-state index in [9.17, 15) is 0 Å². The van der Waals surface area contributed by atoms with Crippen molar-refractivity contribution in [3.8, 4) is 0 Å². The summed E-state index contributed by atoms with van der Waals surface area (Å²) in [5.74, 6) is 0.968. The van der Waals surface area contributed by atoms with Crippen LogP contribution in [0.1, 0.15) is 20.8 Å². The van der Waals surface area contributed by atoms with Crippen LogP contribution in [0.3, 0.4) is 0 Å². The molecule has 0 aliphatic heterocycles. The quantitative estimate of drug-likeness (QED) is 0.374. The number of aliphatic imine (C=N–C) groups is 1. The lowest BCUT2D eigenvalue weighted by atomic mass is 10.7. The summed E-state index contributed by atoms with van der Waals surface area (Å²) in [7, 11) is 3.61. The second-order valence-electron chi connectivity index (χ2n) is 1.06. The van der Waals surface area contributed by atoms with Gasteiger partial charge in [-0.05, 0) is 6.92 Å². The zero-order chi connectivity index (χ0) is 6.99. The number of hydrogen-bond acceptors (Lipinski definition) is 1. The molecule has 0 heterocycles. The van der Waals surface area contributed by atoms with Crippen LogP contribution in [0.4, 0.5) is 0 Å². The molecule has 0 fully saturated rings. The fourth-order valence-electron chi connectivity index (χ4n) is 0.112. The van der Waals surface area contributed by atoms with Crippen LogP contribution in [0.5, 0.6) is 0 Å². The molecule has 0 rings (SSSR count). The van der Waals surface area contributed by atoms with Gasteiger partial charge in [-0.2, -0.15) is 0 Å². The van der Waals surface area contributed by atoms with Crippen molar-refractivity contribution in [3.63, 3.8) is 0 Å². The molecule has 0 aliphatic rings. The molecule has 2 heteroatoms. The zero-order valence-corrected chi connectivity index (χ0v) is 6.45. The fraction of sp³-hybridized carbons (Fsp3) is 0.833. The Bertz CT molecular complexity index is 57.5. The second-order valence-corrected chi connectivity index (χ2v) is 1.06. The first kappa shape index (κ1) is 10.5. The van der Waals surface area contributed by atoms with E-state index in [0.29, 0.717) is 0 Å². The van der Waals surface area contributed by atoms with Gasteiger partial charge in [-0.1, -0.05) is 13.8 Å². The lowest BCUT2D eigenvalue weighted by Gasteiger charge is -1.90. The molecular weight excluding hydrogens is 100 g/mol. The molecule has 0 aliphatic carbocycles. The van der Waals surface area contributed by atoms with E-state index < -0.39 is 0 Å². The van der Waals surface area contributed by atoms with E-state index in [1.807, 2.05) is 27.8 Å². The smallest absolute Gasteiger partial charge is 0.0925 e. The normalized spacial score (nSPS) is 9.38. The van der Waals surface area contributed by atoms with E-state index in [2.05, 4.69) is 10.3 Å². The van der Waals surface area contributed by atoms with Crippen molar-refractivity contribution in [2.24, 2.45) is 4.99 Å². The van der Waals surface area contributed by atoms with Crippen LogP contribution in [0.25, 0.3) is 0 Å².